The van der Waals surface area contributed by atoms with Crippen LogP contribution in [0.5, 0.6) is 0 Å². The average molecular weight is 265 g/mol. The predicted molar refractivity (Wildman–Crippen MR) is 72.7 cm³/mol. The topological polar surface area (TPSA) is 72.4 Å². The van der Waals surface area contributed by atoms with Crippen LogP contribution >= 0.6 is 0 Å². The molecule has 4 N–H and O–H groups in total. The highest BCUT2D eigenvalue weighted by Gasteiger charge is 2.24. The SMILES string of the molecule is NC(=O)CN(Cc1cccc(N)c1F)C1CCCC1. The van der Waals surface area contributed by atoms with E-state index in [1.165, 1.54) is 6.07 Å². The molecule has 0 aliphatic heterocycles. The summed E-state index contributed by atoms with van der Waals surface area (Å²) in [7, 11) is 0. The molecule has 2 rings (SSSR count). The number of nitrogens with zero attached hydrogens (tertiary/aromatic N) is 1. The van der Waals surface area contributed by atoms with E-state index in [1.807, 2.05) is 4.90 Å². The van der Waals surface area contributed by atoms with Crippen molar-refractivity contribution in [2.24, 2.45) is 5.73 Å². The molecule has 1 amide bonds. The van der Waals surface area contributed by atoms with Gasteiger partial charge in [-0.3, -0.25) is 9.69 Å². The van der Waals surface area contributed by atoms with Crippen LogP contribution in [0.1, 0.15) is 31.2 Å². The lowest BCUT2D eigenvalue weighted by atomic mass is 10.1. The smallest absolute Gasteiger partial charge is 0.231 e. The van der Waals surface area contributed by atoms with Crippen molar-refractivity contribution in [1.82, 2.24) is 4.90 Å². The van der Waals surface area contributed by atoms with Crippen molar-refractivity contribution >= 4 is 11.6 Å². The summed E-state index contributed by atoms with van der Waals surface area (Å²) in [6.45, 7) is 0.545. The predicted octanol–water partition coefficient (Wildman–Crippen LogP) is 1.64. The van der Waals surface area contributed by atoms with Gasteiger partial charge in [-0.05, 0) is 18.9 Å². The summed E-state index contributed by atoms with van der Waals surface area (Å²) in [4.78, 5) is 13.1. The number of nitrogens with two attached hydrogens (primary N) is 2. The number of primary amides is 1. The maximum atomic E-state index is 13.9. The number of amides is 1. The number of benzene rings is 1. The lowest BCUT2D eigenvalue weighted by Crippen LogP contribution is -2.39. The molecule has 0 atom stereocenters. The van der Waals surface area contributed by atoms with Crippen molar-refractivity contribution in [2.75, 3.05) is 12.3 Å². The summed E-state index contributed by atoms with van der Waals surface area (Å²) >= 11 is 0. The fraction of sp³-hybridized carbons (Fsp3) is 0.500. The summed E-state index contributed by atoms with van der Waals surface area (Å²) in [5.74, 6) is -0.772. The van der Waals surface area contributed by atoms with Gasteiger partial charge in [0.1, 0.15) is 0 Å². The first kappa shape index (κ1) is 13.8. The summed E-state index contributed by atoms with van der Waals surface area (Å²) in [6.07, 6.45) is 4.38. The molecule has 1 fully saturated rings. The van der Waals surface area contributed by atoms with Crippen molar-refractivity contribution in [3.63, 3.8) is 0 Å². The van der Waals surface area contributed by atoms with Crippen LogP contribution < -0.4 is 11.5 Å². The minimum absolute atomic E-state index is 0.142. The lowest BCUT2D eigenvalue weighted by Gasteiger charge is -2.27. The minimum Gasteiger partial charge on any atom is -0.396 e. The highest BCUT2D eigenvalue weighted by Crippen LogP contribution is 2.26. The third-order valence-corrected chi connectivity index (χ3v) is 3.68. The lowest BCUT2D eigenvalue weighted by molar-refractivity contribution is -0.119. The summed E-state index contributed by atoms with van der Waals surface area (Å²) in [6, 6.07) is 5.28. The molecule has 1 aliphatic rings. The molecule has 0 bridgehead atoms. The van der Waals surface area contributed by atoms with Crippen LogP contribution in [0, 0.1) is 5.82 Å². The summed E-state index contributed by atoms with van der Waals surface area (Å²) in [5.41, 5.74) is 11.5. The number of nitrogen functional groups attached to an aromatic ring is 1. The molecule has 0 radical (unpaired) electrons. The van der Waals surface area contributed by atoms with Gasteiger partial charge in [0.25, 0.3) is 0 Å². The normalized spacial score (nSPS) is 16.1. The Morgan fingerprint density at radius 2 is 2.05 bits per heavy atom. The number of anilines is 1. The van der Waals surface area contributed by atoms with E-state index in [1.54, 1.807) is 12.1 Å². The van der Waals surface area contributed by atoms with Gasteiger partial charge in [0.2, 0.25) is 5.91 Å². The Morgan fingerprint density at radius 3 is 2.68 bits per heavy atom. The number of carbonyl (C=O) groups is 1. The second-order valence-electron chi connectivity index (χ2n) is 5.13. The second-order valence-corrected chi connectivity index (χ2v) is 5.13. The van der Waals surface area contributed by atoms with E-state index in [0.717, 1.165) is 25.7 Å². The first-order valence-corrected chi connectivity index (χ1v) is 6.63. The Bertz CT molecular complexity index is 458. The third-order valence-electron chi connectivity index (χ3n) is 3.68. The maximum absolute atomic E-state index is 13.9. The fourth-order valence-corrected chi connectivity index (χ4v) is 2.72. The minimum atomic E-state index is -0.394. The summed E-state index contributed by atoms with van der Waals surface area (Å²) < 4.78 is 13.9. The average Bonchev–Trinajstić information content (AvgIpc) is 2.87. The molecule has 1 saturated carbocycles. The zero-order valence-corrected chi connectivity index (χ0v) is 10.9. The monoisotopic (exact) mass is 265 g/mol. The molecule has 0 aromatic heterocycles. The van der Waals surface area contributed by atoms with E-state index in [-0.39, 0.29) is 18.1 Å². The quantitative estimate of drug-likeness (QED) is 0.795. The van der Waals surface area contributed by atoms with Crippen LogP contribution in [0.15, 0.2) is 18.2 Å². The van der Waals surface area contributed by atoms with Gasteiger partial charge in [0.15, 0.2) is 5.82 Å². The van der Waals surface area contributed by atoms with Gasteiger partial charge in [0.05, 0.1) is 12.2 Å². The third kappa shape index (κ3) is 3.44. The molecule has 0 unspecified atom stereocenters. The molecule has 0 spiro atoms. The van der Waals surface area contributed by atoms with Gasteiger partial charge >= 0.3 is 0 Å². The van der Waals surface area contributed by atoms with Crippen LogP contribution in [-0.4, -0.2) is 23.4 Å². The molecule has 0 heterocycles. The first-order chi connectivity index (χ1) is 9.08. The molecule has 0 saturated heterocycles. The van der Waals surface area contributed by atoms with E-state index in [2.05, 4.69) is 0 Å². The van der Waals surface area contributed by atoms with Gasteiger partial charge in [-0.25, -0.2) is 4.39 Å². The van der Waals surface area contributed by atoms with Crippen molar-refractivity contribution in [3.05, 3.63) is 29.6 Å². The first-order valence-electron chi connectivity index (χ1n) is 6.63. The molecule has 1 aromatic carbocycles. The zero-order valence-electron chi connectivity index (χ0n) is 10.9. The molecule has 104 valence electrons. The number of hydrogen-bond acceptors (Lipinski definition) is 3. The molecule has 19 heavy (non-hydrogen) atoms. The van der Waals surface area contributed by atoms with Gasteiger partial charge in [-0.2, -0.15) is 0 Å². The number of carbonyl (C=O) groups excluding carboxylic acids is 1. The van der Waals surface area contributed by atoms with E-state index < -0.39 is 5.82 Å². The van der Waals surface area contributed by atoms with Gasteiger partial charge in [-0.15, -0.1) is 0 Å². The van der Waals surface area contributed by atoms with Crippen molar-refractivity contribution in [3.8, 4) is 0 Å². The van der Waals surface area contributed by atoms with Crippen LogP contribution in [0.4, 0.5) is 10.1 Å². The van der Waals surface area contributed by atoms with Crippen molar-refractivity contribution < 1.29 is 9.18 Å². The van der Waals surface area contributed by atoms with E-state index in [4.69, 9.17) is 11.5 Å². The molecular formula is C14H20FN3O. The highest BCUT2D eigenvalue weighted by atomic mass is 19.1. The maximum Gasteiger partial charge on any atom is 0.231 e. The molecule has 5 heteroatoms. The van der Waals surface area contributed by atoms with E-state index in [0.29, 0.717) is 18.2 Å². The molecule has 1 aliphatic carbocycles. The van der Waals surface area contributed by atoms with Gasteiger partial charge < -0.3 is 11.5 Å². The molecular weight excluding hydrogens is 245 g/mol. The number of rotatable bonds is 5. The van der Waals surface area contributed by atoms with Crippen molar-refractivity contribution in [2.45, 2.75) is 38.3 Å². The van der Waals surface area contributed by atoms with E-state index >= 15 is 0 Å². The van der Waals surface area contributed by atoms with Crippen LogP contribution in [0.25, 0.3) is 0 Å². The number of hydrogen-bond donors (Lipinski definition) is 2. The Labute approximate surface area is 112 Å². The van der Waals surface area contributed by atoms with Crippen molar-refractivity contribution in [1.29, 1.82) is 0 Å². The molecule has 1 aromatic rings. The molecule has 4 nitrogen and oxygen atoms in total. The Kier molecular flexibility index (Phi) is 4.37. The van der Waals surface area contributed by atoms with Crippen LogP contribution in [-0.2, 0) is 11.3 Å². The second kappa shape index (κ2) is 6.02. The number of halogens is 1. The van der Waals surface area contributed by atoms with Gasteiger partial charge in [0, 0.05) is 18.2 Å². The Hall–Kier alpha value is -1.62. The van der Waals surface area contributed by atoms with Crippen LogP contribution in [0.3, 0.4) is 0 Å². The van der Waals surface area contributed by atoms with E-state index in [9.17, 15) is 9.18 Å². The summed E-state index contributed by atoms with van der Waals surface area (Å²) in [5, 5.41) is 0. The fourth-order valence-electron chi connectivity index (χ4n) is 2.72. The Balaban J connectivity index is 2.14. The van der Waals surface area contributed by atoms with Gasteiger partial charge in [-0.1, -0.05) is 25.0 Å². The Morgan fingerprint density at radius 1 is 1.37 bits per heavy atom. The standard InChI is InChI=1S/C14H20FN3O/c15-14-10(4-3-7-12(14)16)8-18(9-13(17)19)11-5-1-2-6-11/h3-4,7,11H,1-2,5-6,8-9,16H2,(H2,17,19). The largest absolute Gasteiger partial charge is 0.396 e. The van der Waals surface area contributed by atoms with Crippen LogP contribution in [0.2, 0.25) is 0 Å². The zero-order chi connectivity index (χ0) is 13.8. The highest BCUT2D eigenvalue weighted by molar-refractivity contribution is 5.76.